The van der Waals surface area contributed by atoms with Crippen LogP contribution >= 0.6 is 0 Å². The molecule has 7 nitrogen and oxygen atoms in total. The molecule has 2 aromatic heterocycles. The smallest absolute Gasteiger partial charge is 0.254 e. The van der Waals surface area contributed by atoms with Crippen LogP contribution in [0.5, 0.6) is 5.88 Å². The van der Waals surface area contributed by atoms with Gasteiger partial charge in [0.25, 0.3) is 5.88 Å². The summed E-state index contributed by atoms with van der Waals surface area (Å²) in [5, 5.41) is 7.09. The number of hydrogen-bond acceptors (Lipinski definition) is 5. The van der Waals surface area contributed by atoms with E-state index in [2.05, 4.69) is 20.2 Å². The second-order valence-electron chi connectivity index (χ2n) is 6.57. The quantitative estimate of drug-likeness (QED) is 0.852. The zero-order chi connectivity index (χ0) is 18.7. The largest absolute Gasteiger partial charge is 0.470 e. The van der Waals surface area contributed by atoms with Crippen molar-refractivity contribution in [1.29, 1.82) is 0 Å². The van der Waals surface area contributed by atoms with Gasteiger partial charge in [0.2, 0.25) is 11.7 Å². The number of aromatic amines is 1. The maximum absolute atomic E-state index is 14.2. The molecular weight excluding hydrogens is 337 g/mol. The molecule has 0 radical (unpaired) electrons. The average molecular weight is 361 g/mol. The first-order valence-corrected chi connectivity index (χ1v) is 8.93. The first-order valence-electron chi connectivity index (χ1n) is 8.93. The Bertz CT molecular complexity index is 772. The lowest BCUT2D eigenvalue weighted by molar-refractivity contribution is -0.130. The first-order chi connectivity index (χ1) is 12.5. The van der Waals surface area contributed by atoms with Gasteiger partial charge in [-0.15, -0.1) is 0 Å². The summed E-state index contributed by atoms with van der Waals surface area (Å²) in [6.45, 7) is 6.78. The summed E-state index contributed by atoms with van der Waals surface area (Å²) in [5.41, 5.74) is 3.38. The Hall–Kier alpha value is -2.51. The van der Waals surface area contributed by atoms with Crippen molar-refractivity contribution in [1.82, 2.24) is 25.1 Å². The van der Waals surface area contributed by atoms with Gasteiger partial charge in [-0.2, -0.15) is 14.5 Å². The minimum atomic E-state index is -0.509. The lowest BCUT2D eigenvalue weighted by Gasteiger charge is -2.17. The van der Waals surface area contributed by atoms with Crippen LogP contribution in [0.2, 0.25) is 0 Å². The monoisotopic (exact) mass is 361 g/mol. The standard InChI is InChI=1S/C18H24FN5O2/c1-4-15-17(19)18(21-10-20-15)26-13-7-8-24(9-13)16(25)6-5-14-11(2)22-23-12(14)3/h10,13H,4-9H2,1-3H3,(H,22,23). The molecule has 1 fully saturated rings. The number of nitrogens with one attached hydrogen (secondary N) is 1. The number of amides is 1. The van der Waals surface area contributed by atoms with Gasteiger partial charge >= 0.3 is 0 Å². The number of rotatable bonds is 6. The molecule has 1 N–H and O–H groups in total. The van der Waals surface area contributed by atoms with E-state index >= 15 is 0 Å². The number of likely N-dealkylation sites (tertiary alicyclic amines) is 1. The van der Waals surface area contributed by atoms with E-state index in [0.717, 1.165) is 17.0 Å². The van der Waals surface area contributed by atoms with E-state index < -0.39 is 5.82 Å². The minimum Gasteiger partial charge on any atom is -0.470 e. The first kappa shape index (κ1) is 18.3. The number of nitrogens with zero attached hydrogens (tertiary/aromatic N) is 4. The molecule has 1 aliphatic heterocycles. The Labute approximate surface area is 152 Å². The second-order valence-corrected chi connectivity index (χ2v) is 6.57. The van der Waals surface area contributed by atoms with Crippen LogP contribution in [0.3, 0.4) is 0 Å². The summed E-state index contributed by atoms with van der Waals surface area (Å²) in [5.74, 6) is -0.458. The number of halogens is 1. The maximum atomic E-state index is 14.2. The number of H-pyrrole nitrogens is 1. The highest BCUT2D eigenvalue weighted by Crippen LogP contribution is 2.22. The van der Waals surface area contributed by atoms with Gasteiger partial charge in [0.15, 0.2) is 0 Å². The van der Waals surface area contributed by atoms with E-state index in [1.165, 1.54) is 6.33 Å². The van der Waals surface area contributed by atoms with Gasteiger partial charge in [-0.25, -0.2) is 4.98 Å². The zero-order valence-corrected chi connectivity index (χ0v) is 15.4. The summed E-state index contributed by atoms with van der Waals surface area (Å²) >= 11 is 0. The van der Waals surface area contributed by atoms with E-state index in [4.69, 9.17) is 4.74 Å². The number of aryl methyl sites for hydroxylation is 3. The van der Waals surface area contributed by atoms with E-state index in [1.54, 1.807) is 4.90 Å². The Balaban J connectivity index is 1.54. The molecule has 1 amide bonds. The predicted molar refractivity (Wildman–Crippen MR) is 93.4 cm³/mol. The van der Waals surface area contributed by atoms with Gasteiger partial charge in [0.1, 0.15) is 12.4 Å². The Morgan fingerprint density at radius 2 is 2.23 bits per heavy atom. The number of aromatic nitrogens is 4. The van der Waals surface area contributed by atoms with Crippen LogP contribution in [0.1, 0.15) is 42.4 Å². The summed E-state index contributed by atoms with van der Waals surface area (Å²) in [6.07, 6.45) is 3.30. The zero-order valence-electron chi connectivity index (χ0n) is 15.4. The predicted octanol–water partition coefficient (Wildman–Crippen LogP) is 2.13. The molecule has 8 heteroatoms. The lowest BCUT2D eigenvalue weighted by Crippen LogP contribution is -2.31. The van der Waals surface area contributed by atoms with Crippen LogP contribution < -0.4 is 4.74 Å². The molecular formula is C18H24FN5O2. The molecule has 3 rings (SSSR count). The van der Waals surface area contributed by atoms with Crippen molar-refractivity contribution in [2.24, 2.45) is 0 Å². The van der Waals surface area contributed by atoms with E-state index in [0.29, 0.717) is 44.5 Å². The van der Waals surface area contributed by atoms with Crippen LogP contribution in [0.4, 0.5) is 4.39 Å². The molecule has 1 atom stereocenters. The van der Waals surface area contributed by atoms with Crippen LogP contribution in [-0.4, -0.2) is 50.2 Å². The normalized spacial score (nSPS) is 16.9. The SMILES string of the molecule is CCc1ncnc(OC2CCN(C(=O)CCc3c(C)n[nH]c3C)C2)c1F. The van der Waals surface area contributed by atoms with Crippen LogP contribution in [0.15, 0.2) is 6.33 Å². The molecule has 3 heterocycles. The topological polar surface area (TPSA) is 84.0 Å². The van der Waals surface area contributed by atoms with Crippen molar-refractivity contribution < 1.29 is 13.9 Å². The molecule has 26 heavy (non-hydrogen) atoms. The lowest BCUT2D eigenvalue weighted by atomic mass is 10.1. The molecule has 1 aliphatic rings. The highest BCUT2D eigenvalue weighted by atomic mass is 19.1. The molecule has 0 spiro atoms. The molecule has 140 valence electrons. The molecule has 2 aromatic rings. The molecule has 0 aliphatic carbocycles. The number of carbonyl (C=O) groups excluding carboxylic acids is 1. The molecule has 1 unspecified atom stereocenters. The van der Waals surface area contributed by atoms with Crippen LogP contribution in [-0.2, 0) is 17.6 Å². The van der Waals surface area contributed by atoms with Gasteiger partial charge in [-0.1, -0.05) is 6.92 Å². The van der Waals surface area contributed by atoms with Gasteiger partial charge in [-0.3, -0.25) is 9.89 Å². The Morgan fingerprint density at radius 1 is 1.42 bits per heavy atom. The van der Waals surface area contributed by atoms with Crippen molar-refractivity contribution in [2.75, 3.05) is 13.1 Å². The molecule has 0 aromatic carbocycles. The third-order valence-electron chi connectivity index (χ3n) is 4.81. The minimum absolute atomic E-state index is 0.0270. The number of ether oxygens (including phenoxy) is 1. The van der Waals surface area contributed by atoms with Gasteiger partial charge < -0.3 is 9.64 Å². The van der Waals surface area contributed by atoms with Crippen molar-refractivity contribution in [3.63, 3.8) is 0 Å². The van der Waals surface area contributed by atoms with Crippen molar-refractivity contribution in [2.45, 2.75) is 52.6 Å². The third kappa shape index (κ3) is 3.84. The third-order valence-corrected chi connectivity index (χ3v) is 4.81. The fraction of sp³-hybridized carbons (Fsp3) is 0.556. The fourth-order valence-electron chi connectivity index (χ4n) is 3.26. The Kier molecular flexibility index (Phi) is 5.49. The number of carbonyl (C=O) groups is 1. The Morgan fingerprint density at radius 3 is 2.92 bits per heavy atom. The van der Waals surface area contributed by atoms with Gasteiger partial charge in [-0.05, 0) is 32.3 Å². The second kappa shape index (κ2) is 7.80. The fourth-order valence-corrected chi connectivity index (χ4v) is 3.26. The summed E-state index contributed by atoms with van der Waals surface area (Å²) < 4.78 is 19.9. The van der Waals surface area contributed by atoms with E-state index in [9.17, 15) is 9.18 Å². The molecule has 1 saturated heterocycles. The van der Waals surface area contributed by atoms with Crippen LogP contribution in [0, 0.1) is 19.7 Å². The summed E-state index contributed by atoms with van der Waals surface area (Å²) in [7, 11) is 0. The highest BCUT2D eigenvalue weighted by molar-refractivity contribution is 5.76. The van der Waals surface area contributed by atoms with Crippen LogP contribution in [0.25, 0.3) is 0 Å². The van der Waals surface area contributed by atoms with E-state index in [-0.39, 0.29) is 17.9 Å². The molecule has 0 bridgehead atoms. The number of hydrogen-bond donors (Lipinski definition) is 1. The summed E-state index contributed by atoms with van der Waals surface area (Å²) in [6, 6.07) is 0. The van der Waals surface area contributed by atoms with Gasteiger partial charge in [0, 0.05) is 25.1 Å². The average Bonchev–Trinajstić information content (AvgIpc) is 3.22. The van der Waals surface area contributed by atoms with Crippen molar-refractivity contribution in [3.05, 3.63) is 34.8 Å². The van der Waals surface area contributed by atoms with Crippen molar-refractivity contribution >= 4 is 5.91 Å². The van der Waals surface area contributed by atoms with Gasteiger partial charge in [0.05, 0.1) is 17.9 Å². The van der Waals surface area contributed by atoms with Crippen molar-refractivity contribution in [3.8, 4) is 5.88 Å². The highest BCUT2D eigenvalue weighted by Gasteiger charge is 2.29. The maximum Gasteiger partial charge on any atom is 0.254 e. The van der Waals surface area contributed by atoms with E-state index in [1.807, 2.05) is 20.8 Å². The molecule has 0 saturated carbocycles. The summed E-state index contributed by atoms with van der Waals surface area (Å²) in [4.78, 5) is 22.0.